The van der Waals surface area contributed by atoms with E-state index in [1.807, 2.05) is 0 Å². The highest BCUT2D eigenvalue weighted by Crippen LogP contribution is 2.31. The summed E-state index contributed by atoms with van der Waals surface area (Å²) in [6, 6.07) is 0. The molecule has 0 unspecified atom stereocenters. The molecule has 0 aromatic rings. The Morgan fingerprint density at radius 3 is 1.24 bits per heavy atom. The van der Waals surface area contributed by atoms with Gasteiger partial charge >= 0.3 is 0 Å². The lowest BCUT2D eigenvalue weighted by Crippen LogP contribution is -2.29. The number of rotatable bonds is 16. The van der Waals surface area contributed by atoms with Crippen LogP contribution in [0, 0.1) is 5.41 Å². The predicted molar refractivity (Wildman–Crippen MR) is 92.6 cm³/mol. The standard InChI is InChI=1S/C19H40O2/c1-3-5-7-9-10-11-12-14-16-19(17-20,18-21)15-13-8-6-4-2/h20-21H,3-18H2,1-2H3. The zero-order chi connectivity index (χ0) is 15.8. The number of hydrogen-bond donors (Lipinski definition) is 2. The van der Waals surface area contributed by atoms with Gasteiger partial charge in [-0.1, -0.05) is 90.9 Å². The fraction of sp³-hybridized carbons (Fsp3) is 1.00. The molecule has 0 spiro atoms. The van der Waals surface area contributed by atoms with Crippen LogP contribution < -0.4 is 0 Å². The molecule has 0 bridgehead atoms. The molecule has 0 aromatic carbocycles. The monoisotopic (exact) mass is 300 g/mol. The minimum atomic E-state index is -0.212. The van der Waals surface area contributed by atoms with Crippen LogP contribution in [0.1, 0.15) is 104 Å². The van der Waals surface area contributed by atoms with Crippen LogP contribution in [0.2, 0.25) is 0 Å². The molecule has 0 rings (SSSR count). The van der Waals surface area contributed by atoms with E-state index in [1.54, 1.807) is 0 Å². The van der Waals surface area contributed by atoms with Crippen LogP contribution in [0.15, 0.2) is 0 Å². The molecule has 2 N–H and O–H groups in total. The first-order valence-electron chi connectivity index (χ1n) is 9.46. The number of unbranched alkanes of at least 4 members (excludes halogenated alkanes) is 10. The first kappa shape index (κ1) is 20.9. The largest absolute Gasteiger partial charge is 0.396 e. The van der Waals surface area contributed by atoms with Gasteiger partial charge in [-0.05, 0) is 12.8 Å². The van der Waals surface area contributed by atoms with E-state index in [0.717, 1.165) is 25.7 Å². The lowest BCUT2D eigenvalue weighted by Gasteiger charge is -2.30. The fourth-order valence-corrected chi connectivity index (χ4v) is 3.05. The van der Waals surface area contributed by atoms with Gasteiger partial charge in [0.2, 0.25) is 0 Å². The van der Waals surface area contributed by atoms with Crippen molar-refractivity contribution in [3.63, 3.8) is 0 Å². The summed E-state index contributed by atoms with van der Waals surface area (Å²) in [5.41, 5.74) is -0.212. The molecule has 2 heteroatoms. The molecular weight excluding hydrogens is 260 g/mol. The molecule has 0 aliphatic carbocycles. The lowest BCUT2D eigenvalue weighted by molar-refractivity contribution is 0.0353. The van der Waals surface area contributed by atoms with Crippen molar-refractivity contribution >= 4 is 0 Å². The molecule has 0 amide bonds. The van der Waals surface area contributed by atoms with Crippen molar-refractivity contribution in [2.24, 2.45) is 5.41 Å². The van der Waals surface area contributed by atoms with E-state index >= 15 is 0 Å². The average Bonchev–Trinajstić information content (AvgIpc) is 2.52. The highest BCUT2D eigenvalue weighted by Gasteiger charge is 2.27. The summed E-state index contributed by atoms with van der Waals surface area (Å²) in [6.45, 7) is 4.76. The van der Waals surface area contributed by atoms with Gasteiger partial charge in [0.25, 0.3) is 0 Å². The average molecular weight is 301 g/mol. The molecule has 0 fully saturated rings. The highest BCUT2D eigenvalue weighted by molar-refractivity contribution is 4.78. The van der Waals surface area contributed by atoms with E-state index in [9.17, 15) is 10.2 Å². The first-order valence-corrected chi connectivity index (χ1v) is 9.46. The maximum atomic E-state index is 9.67. The van der Waals surface area contributed by atoms with E-state index in [1.165, 1.54) is 64.2 Å². The van der Waals surface area contributed by atoms with Crippen molar-refractivity contribution in [2.45, 2.75) is 104 Å². The summed E-state index contributed by atoms with van der Waals surface area (Å²) in [5.74, 6) is 0. The van der Waals surface area contributed by atoms with Gasteiger partial charge in [-0.2, -0.15) is 0 Å². The molecular formula is C19H40O2. The third-order valence-electron chi connectivity index (χ3n) is 4.79. The van der Waals surface area contributed by atoms with Crippen molar-refractivity contribution in [3.8, 4) is 0 Å². The van der Waals surface area contributed by atoms with Crippen molar-refractivity contribution < 1.29 is 10.2 Å². The maximum Gasteiger partial charge on any atom is 0.0509 e. The Morgan fingerprint density at radius 2 is 0.857 bits per heavy atom. The van der Waals surface area contributed by atoms with E-state index in [0.29, 0.717) is 0 Å². The predicted octanol–water partition coefficient (Wildman–Crippen LogP) is 5.46. The Bertz CT molecular complexity index is 200. The Kier molecular flexibility index (Phi) is 14.8. The number of aliphatic hydroxyl groups is 2. The van der Waals surface area contributed by atoms with E-state index < -0.39 is 0 Å². The summed E-state index contributed by atoms with van der Waals surface area (Å²) in [5, 5.41) is 19.3. The minimum absolute atomic E-state index is 0.145. The molecule has 0 aliphatic rings. The van der Waals surface area contributed by atoms with Gasteiger partial charge in [-0.3, -0.25) is 0 Å². The van der Waals surface area contributed by atoms with Gasteiger partial charge in [-0.15, -0.1) is 0 Å². The fourth-order valence-electron chi connectivity index (χ4n) is 3.05. The molecule has 0 atom stereocenters. The van der Waals surface area contributed by atoms with E-state index in [2.05, 4.69) is 13.8 Å². The van der Waals surface area contributed by atoms with Crippen LogP contribution in [-0.2, 0) is 0 Å². The van der Waals surface area contributed by atoms with Crippen LogP contribution in [0.25, 0.3) is 0 Å². The molecule has 0 aromatic heterocycles. The SMILES string of the molecule is CCCCCCCCCCC(CO)(CO)CCCCCC. The molecule has 0 heterocycles. The third-order valence-corrected chi connectivity index (χ3v) is 4.79. The number of hydrogen-bond acceptors (Lipinski definition) is 2. The van der Waals surface area contributed by atoms with Crippen LogP contribution in [0.3, 0.4) is 0 Å². The van der Waals surface area contributed by atoms with Gasteiger partial charge in [-0.25, -0.2) is 0 Å². The smallest absolute Gasteiger partial charge is 0.0509 e. The highest BCUT2D eigenvalue weighted by atomic mass is 16.3. The van der Waals surface area contributed by atoms with Gasteiger partial charge in [0.1, 0.15) is 0 Å². The molecule has 21 heavy (non-hydrogen) atoms. The molecule has 0 radical (unpaired) electrons. The first-order chi connectivity index (χ1) is 10.2. The number of aliphatic hydroxyl groups excluding tert-OH is 2. The molecule has 2 nitrogen and oxygen atoms in total. The van der Waals surface area contributed by atoms with Crippen LogP contribution in [-0.4, -0.2) is 23.4 Å². The van der Waals surface area contributed by atoms with Crippen molar-refractivity contribution in [1.82, 2.24) is 0 Å². The summed E-state index contributed by atoms with van der Waals surface area (Å²) < 4.78 is 0. The Morgan fingerprint density at radius 1 is 0.524 bits per heavy atom. The van der Waals surface area contributed by atoms with Crippen LogP contribution in [0.5, 0.6) is 0 Å². The summed E-state index contributed by atoms with van der Waals surface area (Å²) in [4.78, 5) is 0. The van der Waals surface area contributed by atoms with Gasteiger partial charge in [0.15, 0.2) is 0 Å². The Balaban J connectivity index is 3.72. The zero-order valence-corrected chi connectivity index (χ0v) is 14.7. The van der Waals surface area contributed by atoms with Crippen LogP contribution >= 0.6 is 0 Å². The second-order valence-electron chi connectivity index (χ2n) is 6.85. The molecule has 0 aliphatic heterocycles. The summed E-state index contributed by atoms with van der Waals surface area (Å²) >= 11 is 0. The molecule has 128 valence electrons. The lowest BCUT2D eigenvalue weighted by atomic mass is 9.79. The topological polar surface area (TPSA) is 40.5 Å². The van der Waals surface area contributed by atoms with Crippen molar-refractivity contribution in [1.29, 1.82) is 0 Å². The van der Waals surface area contributed by atoms with E-state index in [-0.39, 0.29) is 18.6 Å². The molecule has 0 saturated carbocycles. The molecule has 0 saturated heterocycles. The van der Waals surface area contributed by atoms with Crippen molar-refractivity contribution in [2.75, 3.05) is 13.2 Å². The Labute approximate surface area is 133 Å². The third kappa shape index (κ3) is 11.2. The summed E-state index contributed by atoms with van der Waals surface area (Å²) in [7, 11) is 0. The second-order valence-corrected chi connectivity index (χ2v) is 6.85. The Hall–Kier alpha value is -0.0800. The van der Waals surface area contributed by atoms with E-state index in [4.69, 9.17) is 0 Å². The van der Waals surface area contributed by atoms with Crippen LogP contribution in [0.4, 0.5) is 0 Å². The summed E-state index contributed by atoms with van der Waals surface area (Å²) in [6.07, 6.45) is 17.4. The minimum Gasteiger partial charge on any atom is -0.396 e. The van der Waals surface area contributed by atoms with Gasteiger partial charge < -0.3 is 10.2 Å². The second kappa shape index (κ2) is 14.8. The van der Waals surface area contributed by atoms with Crippen molar-refractivity contribution in [3.05, 3.63) is 0 Å². The maximum absolute atomic E-state index is 9.67. The normalized spacial score (nSPS) is 12.0. The quantitative estimate of drug-likeness (QED) is 0.372. The van der Waals surface area contributed by atoms with Gasteiger partial charge in [0, 0.05) is 5.41 Å². The van der Waals surface area contributed by atoms with Gasteiger partial charge in [0.05, 0.1) is 13.2 Å². The zero-order valence-electron chi connectivity index (χ0n) is 14.7.